The van der Waals surface area contributed by atoms with Gasteiger partial charge in [-0.05, 0) is 25.5 Å². The van der Waals surface area contributed by atoms with E-state index in [-0.39, 0.29) is 5.75 Å². The number of aromatic nitrogens is 3. The van der Waals surface area contributed by atoms with Gasteiger partial charge in [-0.3, -0.25) is 5.10 Å². The molecule has 1 aliphatic rings. The van der Waals surface area contributed by atoms with Crippen LogP contribution in [0.15, 0.2) is 18.2 Å². The van der Waals surface area contributed by atoms with Crippen LogP contribution in [0.25, 0.3) is 11.4 Å². The number of phenolic OH excluding ortho intramolecular Hbond substituents is 1. The normalized spacial score (nSPS) is 19.3. The third-order valence-electron chi connectivity index (χ3n) is 3.61. The molecule has 0 saturated carbocycles. The fourth-order valence-corrected chi connectivity index (χ4v) is 2.39. The van der Waals surface area contributed by atoms with Gasteiger partial charge >= 0.3 is 0 Å². The first kappa shape index (κ1) is 12.9. The third kappa shape index (κ3) is 2.46. The molecule has 20 heavy (non-hydrogen) atoms. The predicted molar refractivity (Wildman–Crippen MR) is 77.9 cm³/mol. The van der Waals surface area contributed by atoms with Gasteiger partial charge in [0.2, 0.25) is 5.95 Å². The summed E-state index contributed by atoms with van der Waals surface area (Å²) in [7, 11) is 0. The number of piperazine rings is 1. The molecule has 1 fully saturated rings. The van der Waals surface area contributed by atoms with E-state index < -0.39 is 0 Å². The van der Waals surface area contributed by atoms with Crippen molar-refractivity contribution >= 4 is 5.95 Å². The number of aromatic amines is 1. The van der Waals surface area contributed by atoms with Crippen molar-refractivity contribution in [3.63, 3.8) is 0 Å². The number of benzene rings is 1. The van der Waals surface area contributed by atoms with Crippen molar-refractivity contribution < 1.29 is 5.11 Å². The lowest BCUT2D eigenvalue weighted by Gasteiger charge is -2.30. The van der Waals surface area contributed by atoms with E-state index >= 15 is 0 Å². The summed E-state index contributed by atoms with van der Waals surface area (Å²) in [5.41, 5.74) is 1.69. The Morgan fingerprint density at radius 3 is 3.00 bits per heavy atom. The highest BCUT2D eigenvalue weighted by Crippen LogP contribution is 2.24. The first-order valence-electron chi connectivity index (χ1n) is 6.84. The van der Waals surface area contributed by atoms with Gasteiger partial charge in [-0.1, -0.05) is 12.1 Å². The van der Waals surface area contributed by atoms with Gasteiger partial charge < -0.3 is 15.3 Å². The zero-order chi connectivity index (χ0) is 14.1. The lowest BCUT2D eigenvalue weighted by molar-refractivity contribution is 0.471. The number of aryl methyl sites for hydroxylation is 1. The molecule has 0 bridgehead atoms. The molecule has 3 rings (SSSR count). The Kier molecular flexibility index (Phi) is 3.31. The van der Waals surface area contributed by atoms with Gasteiger partial charge in [0, 0.05) is 31.2 Å². The van der Waals surface area contributed by atoms with Gasteiger partial charge in [0.25, 0.3) is 0 Å². The topological polar surface area (TPSA) is 77.1 Å². The number of phenols is 1. The number of rotatable bonds is 2. The molecule has 0 unspecified atom stereocenters. The van der Waals surface area contributed by atoms with Crippen LogP contribution in [0.3, 0.4) is 0 Å². The highest BCUT2D eigenvalue weighted by Gasteiger charge is 2.19. The average Bonchev–Trinajstić information content (AvgIpc) is 2.92. The molecule has 6 heteroatoms. The molecule has 0 spiro atoms. The van der Waals surface area contributed by atoms with Crippen molar-refractivity contribution in [3.05, 3.63) is 23.8 Å². The highest BCUT2D eigenvalue weighted by molar-refractivity contribution is 5.60. The zero-order valence-corrected chi connectivity index (χ0v) is 11.7. The maximum Gasteiger partial charge on any atom is 0.245 e. The van der Waals surface area contributed by atoms with E-state index in [4.69, 9.17) is 0 Å². The van der Waals surface area contributed by atoms with E-state index in [9.17, 15) is 5.11 Å². The fourth-order valence-electron chi connectivity index (χ4n) is 2.39. The van der Waals surface area contributed by atoms with E-state index in [2.05, 4.69) is 32.3 Å². The standard InChI is InChI=1S/C14H19N5O/c1-9-3-4-11(7-12(9)20)13-16-14(18-17-13)19-6-5-15-10(2)8-19/h3-4,7,10,15,20H,5-6,8H2,1-2H3,(H,16,17,18)/t10-/m1/s1. The van der Waals surface area contributed by atoms with E-state index in [1.165, 1.54) is 0 Å². The molecule has 3 N–H and O–H groups in total. The van der Waals surface area contributed by atoms with E-state index in [0.717, 1.165) is 30.8 Å². The average molecular weight is 273 g/mol. The van der Waals surface area contributed by atoms with Gasteiger partial charge in [0.15, 0.2) is 5.82 Å². The van der Waals surface area contributed by atoms with Crippen LogP contribution in [0.5, 0.6) is 5.75 Å². The fraction of sp³-hybridized carbons (Fsp3) is 0.429. The minimum Gasteiger partial charge on any atom is -0.508 e. The molecular formula is C14H19N5O. The van der Waals surface area contributed by atoms with Crippen molar-refractivity contribution in [2.24, 2.45) is 0 Å². The first-order chi connectivity index (χ1) is 9.63. The second-order valence-electron chi connectivity index (χ2n) is 5.29. The van der Waals surface area contributed by atoms with Gasteiger partial charge in [0.1, 0.15) is 5.75 Å². The third-order valence-corrected chi connectivity index (χ3v) is 3.61. The second kappa shape index (κ2) is 5.13. The SMILES string of the molecule is Cc1ccc(-c2nc(N3CCN[C@H](C)C3)n[nH]2)cc1O. The monoisotopic (exact) mass is 273 g/mol. The van der Waals surface area contributed by atoms with Crippen LogP contribution in [0.2, 0.25) is 0 Å². The Hall–Kier alpha value is -2.08. The van der Waals surface area contributed by atoms with E-state index in [0.29, 0.717) is 17.8 Å². The van der Waals surface area contributed by atoms with Crippen LogP contribution < -0.4 is 10.2 Å². The summed E-state index contributed by atoms with van der Waals surface area (Å²) in [5.74, 6) is 1.67. The lowest BCUT2D eigenvalue weighted by Crippen LogP contribution is -2.49. The number of anilines is 1. The van der Waals surface area contributed by atoms with Gasteiger partial charge in [-0.2, -0.15) is 4.98 Å². The molecule has 1 saturated heterocycles. The van der Waals surface area contributed by atoms with Crippen LogP contribution in [0.1, 0.15) is 12.5 Å². The van der Waals surface area contributed by atoms with E-state index in [1.54, 1.807) is 6.07 Å². The molecular weight excluding hydrogens is 254 g/mol. The molecule has 1 aromatic heterocycles. The molecule has 6 nitrogen and oxygen atoms in total. The van der Waals surface area contributed by atoms with Crippen LogP contribution in [0, 0.1) is 6.92 Å². The summed E-state index contributed by atoms with van der Waals surface area (Å²) in [6.07, 6.45) is 0. The Labute approximate surface area is 117 Å². The summed E-state index contributed by atoms with van der Waals surface area (Å²) >= 11 is 0. The molecule has 0 aliphatic carbocycles. The smallest absolute Gasteiger partial charge is 0.245 e. The quantitative estimate of drug-likeness (QED) is 0.768. The van der Waals surface area contributed by atoms with Crippen molar-refractivity contribution in [1.82, 2.24) is 20.5 Å². The largest absolute Gasteiger partial charge is 0.508 e. The van der Waals surface area contributed by atoms with Crippen molar-refractivity contribution in [3.8, 4) is 17.1 Å². The second-order valence-corrected chi connectivity index (χ2v) is 5.29. The molecule has 0 radical (unpaired) electrons. The summed E-state index contributed by atoms with van der Waals surface area (Å²) in [6, 6.07) is 5.95. The minimum absolute atomic E-state index is 0.274. The van der Waals surface area contributed by atoms with E-state index in [1.807, 2.05) is 19.1 Å². The molecule has 1 aromatic carbocycles. The number of nitrogens with zero attached hydrogens (tertiary/aromatic N) is 3. The minimum atomic E-state index is 0.274. The Morgan fingerprint density at radius 1 is 1.40 bits per heavy atom. The Morgan fingerprint density at radius 2 is 2.25 bits per heavy atom. The van der Waals surface area contributed by atoms with Gasteiger partial charge in [0.05, 0.1) is 0 Å². The Bertz CT molecular complexity index is 609. The number of aromatic hydroxyl groups is 1. The maximum atomic E-state index is 9.77. The van der Waals surface area contributed by atoms with Gasteiger partial charge in [-0.25, -0.2) is 0 Å². The predicted octanol–water partition coefficient (Wildman–Crippen LogP) is 1.28. The number of H-pyrrole nitrogens is 1. The molecule has 1 aliphatic heterocycles. The van der Waals surface area contributed by atoms with Crippen LogP contribution >= 0.6 is 0 Å². The summed E-state index contributed by atoms with van der Waals surface area (Å²) in [5, 5.41) is 20.4. The molecule has 0 amide bonds. The van der Waals surface area contributed by atoms with Crippen LogP contribution in [-0.2, 0) is 0 Å². The van der Waals surface area contributed by atoms with Crippen LogP contribution in [-0.4, -0.2) is 46.0 Å². The summed E-state index contributed by atoms with van der Waals surface area (Å²) in [4.78, 5) is 6.69. The summed E-state index contributed by atoms with van der Waals surface area (Å²) < 4.78 is 0. The highest BCUT2D eigenvalue weighted by atomic mass is 16.3. The molecule has 106 valence electrons. The summed E-state index contributed by atoms with van der Waals surface area (Å²) in [6.45, 7) is 6.76. The molecule has 1 atom stereocenters. The Balaban J connectivity index is 1.84. The molecule has 2 heterocycles. The van der Waals surface area contributed by atoms with Crippen molar-refractivity contribution in [2.75, 3.05) is 24.5 Å². The van der Waals surface area contributed by atoms with Gasteiger partial charge in [-0.15, -0.1) is 5.10 Å². The lowest BCUT2D eigenvalue weighted by atomic mass is 10.1. The number of nitrogens with one attached hydrogen (secondary N) is 2. The van der Waals surface area contributed by atoms with Crippen molar-refractivity contribution in [1.29, 1.82) is 0 Å². The number of hydrogen-bond donors (Lipinski definition) is 3. The first-order valence-corrected chi connectivity index (χ1v) is 6.84. The van der Waals surface area contributed by atoms with Crippen LogP contribution in [0.4, 0.5) is 5.95 Å². The molecule has 2 aromatic rings. The zero-order valence-electron chi connectivity index (χ0n) is 11.7. The maximum absolute atomic E-state index is 9.77. The number of hydrogen-bond acceptors (Lipinski definition) is 5. The van der Waals surface area contributed by atoms with Crippen molar-refractivity contribution in [2.45, 2.75) is 19.9 Å².